The number of hydrogen-bond donors (Lipinski definition) is 2. The van der Waals surface area contributed by atoms with E-state index in [1.807, 2.05) is 5.32 Å². The second kappa shape index (κ2) is 5.78. The first-order chi connectivity index (χ1) is 9.70. The van der Waals surface area contributed by atoms with E-state index in [0.29, 0.717) is 10.1 Å². The third kappa shape index (κ3) is 3.45. The van der Waals surface area contributed by atoms with E-state index in [9.17, 15) is 22.4 Å². The van der Waals surface area contributed by atoms with Crippen LogP contribution in [0, 0.1) is 5.82 Å². The van der Waals surface area contributed by atoms with Gasteiger partial charge in [-0.1, -0.05) is 11.6 Å². The molecule has 3 nitrogen and oxygen atoms in total. The third-order valence-corrected chi connectivity index (χ3v) is 4.29. The number of halogens is 5. The molecular weight excluding hydrogens is 334 g/mol. The summed E-state index contributed by atoms with van der Waals surface area (Å²) >= 11 is 6.81. The summed E-state index contributed by atoms with van der Waals surface area (Å²) < 4.78 is 49.9. The molecule has 0 radical (unpaired) electrons. The van der Waals surface area contributed by atoms with Crippen LogP contribution in [0.15, 0.2) is 18.2 Å². The summed E-state index contributed by atoms with van der Waals surface area (Å²) in [7, 11) is 0. The van der Waals surface area contributed by atoms with Gasteiger partial charge in [0.25, 0.3) is 5.91 Å². The number of thiophene rings is 1. The van der Waals surface area contributed by atoms with Crippen molar-refractivity contribution in [3.05, 3.63) is 33.9 Å². The fourth-order valence-corrected chi connectivity index (χ4v) is 3.03. The topological polar surface area (TPSA) is 49.3 Å². The van der Waals surface area contributed by atoms with Crippen LogP contribution in [0.2, 0.25) is 5.02 Å². The van der Waals surface area contributed by atoms with Gasteiger partial charge < -0.3 is 10.4 Å². The molecule has 1 amide bonds. The van der Waals surface area contributed by atoms with E-state index >= 15 is 0 Å². The maximum absolute atomic E-state index is 13.1. The molecule has 1 aromatic heterocycles. The Kier molecular flexibility index (Phi) is 4.40. The van der Waals surface area contributed by atoms with Crippen molar-refractivity contribution in [1.82, 2.24) is 5.32 Å². The van der Waals surface area contributed by atoms with Crippen LogP contribution in [0.25, 0.3) is 10.1 Å². The van der Waals surface area contributed by atoms with Gasteiger partial charge in [0.2, 0.25) is 0 Å². The molecule has 0 fully saturated rings. The van der Waals surface area contributed by atoms with Crippen LogP contribution in [-0.2, 0) is 0 Å². The van der Waals surface area contributed by atoms with Gasteiger partial charge in [-0.15, -0.1) is 11.3 Å². The highest BCUT2D eigenvalue weighted by atomic mass is 35.5. The number of alkyl halides is 3. The second-order valence-corrected chi connectivity index (χ2v) is 5.58. The quantitative estimate of drug-likeness (QED) is 0.841. The highest BCUT2D eigenvalue weighted by Crippen LogP contribution is 2.35. The first kappa shape index (κ1) is 16.0. The summed E-state index contributed by atoms with van der Waals surface area (Å²) in [6.07, 6.45) is -7.48. The van der Waals surface area contributed by atoms with Crippen LogP contribution in [-0.4, -0.2) is 29.8 Å². The molecule has 2 N–H and O–H groups in total. The molecule has 0 aliphatic rings. The van der Waals surface area contributed by atoms with E-state index < -0.39 is 30.5 Å². The maximum Gasteiger partial charge on any atom is 0.416 e. The standard InChI is InChI=1S/C12H8ClF4NO2S/c13-9-6-2-1-5(14)3-7(6)21-10(9)11(20)18-4-8(19)12(15,16)17/h1-3,8,19H,4H2,(H,18,20). The third-order valence-electron chi connectivity index (χ3n) is 2.63. The Hall–Kier alpha value is -1.38. The molecule has 2 rings (SSSR count). The van der Waals surface area contributed by atoms with Gasteiger partial charge in [0.15, 0.2) is 6.10 Å². The molecule has 9 heteroatoms. The lowest BCUT2D eigenvalue weighted by atomic mass is 10.2. The Bertz CT molecular complexity index is 686. The van der Waals surface area contributed by atoms with Gasteiger partial charge in [-0.25, -0.2) is 4.39 Å². The zero-order valence-electron chi connectivity index (χ0n) is 10.2. The first-order valence-corrected chi connectivity index (χ1v) is 6.80. The van der Waals surface area contributed by atoms with Crippen LogP contribution < -0.4 is 5.32 Å². The molecule has 0 spiro atoms. The molecule has 2 aromatic rings. The molecule has 1 unspecified atom stereocenters. The Morgan fingerprint density at radius 3 is 2.71 bits per heavy atom. The molecule has 0 bridgehead atoms. The minimum Gasteiger partial charge on any atom is -0.382 e. The Morgan fingerprint density at radius 1 is 1.43 bits per heavy atom. The normalized spacial score (nSPS) is 13.4. The summed E-state index contributed by atoms with van der Waals surface area (Å²) in [5, 5.41) is 11.2. The molecule has 1 atom stereocenters. The predicted octanol–water partition coefficient (Wildman–Crippen LogP) is 3.35. The van der Waals surface area contributed by atoms with E-state index in [2.05, 4.69) is 0 Å². The number of aliphatic hydroxyl groups excluding tert-OH is 1. The number of nitrogens with one attached hydrogen (secondary N) is 1. The molecular formula is C12H8ClF4NO2S. The number of carbonyl (C=O) groups excluding carboxylic acids is 1. The molecule has 114 valence electrons. The average molecular weight is 342 g/mol. The first-order valence-electron chi connectivity index (χ1n) is 5.60. The van der Waals surface area contributed by atoms with Crippen LogP contribution in [0.4, 0.5) is 17.6 Å². The molecule has 1 heterocycles. The number of amides is 1. The highest BCUT2D eigenvalue weighted by molar-refractivity contribution is 7.21. The maximum atomic E-state index is 13.1. The number of rotatable bonds is 3. The van der Waals surface area contributed by atoms with Gasteiger partial charge in [0.05, 0.1) is 11.6 Å². The summed E-state index contributed by atoms with van der Waals surface area (Å²) in [6.45, 7) is -0.985. The number of hydrogen-bond acceptors (Lipinski definition) is 3. The van der Waals surface area contributed by atoms with Crippen molar-refractivity contribution < 1.29 is 27.5 Å². The van der Waals surface area contributed by atoms with E-state index in [1.165, 1.54) is 12.1 Å². The lowest BCUT2D eigenvalue weighted by Gasteiger charge is -2.14. The molecule has 0 saturated carbocycles. The van der Waals surface area contributed by atoms with Crippen molar-refractivity contribution in [3.8, 4) is 0 Å². The number of benzene rings is 1. The molecule has 0 aliphatic heterocycles. The number of carbonyl (C=O) groups is 1. The largest absolute Gasteiger partial charge is 0.416 e. The zero-order chi connectivity index (χ0) is 15.8. The van der Waals surface area contributed by atoms with Gasteiger partial charge in [-0.2, -0.15) is 13.2 Å². The smallest absolute Gasteiger partial charge is 0.382 e. The van der Waals surface area contributed by atoms with Crippen molar-refractivity contribution in [2.45, 2.75) is 12.3 Å². The van der Waals surface area contributed by atoms with E-state index in [-0.39, 0.29) is 9.90 Å². The Balaban J connectivity index is 2.18. The van der Waals surface area contributed by atoms with Gasteiger partial charge in [0, 0.05) is 10.1 Å². The van der Waals surface area contributed by atoms with Crippen LogP contribution in [0.3, 0.4) is 0 Å². The van der Waals surface area contributed by atoms with Gasteiger partial charge >= 0.3 is 6.18 Å². The summed E-state index contributed by atoms with van der Waals surface area (Å²) in [6, 6.07) is 3.72. The van der Waals surface area contributed by atoms with E-state index in [0.717, 1.165) is 17.4 Å². The highest BCUT2D eigenvalue weighted by Gasteiger charge is 2.38. The fraction of sp³-hybridized carbons (Fsp3) is 0.250. The number of fused-ring (bicyclic) bond motifs is 1. The Morgan fingerprint density at radius 2 is 2.10 bits per heavy atom. The average Bonchev–Trinajstić information content (AvgIpc) is 2.71. The molecule has 21 heavy (non-hydrogen) atoms. The predicted molar refractivity (Wildman–Crippen MR) is 71.2 cm³/mol. The molecule has 0 saturated heterocycles. The lowest BCUT2D eigenvalue weighted by Crippen LogP contribution is -2.40. The van der Waals surface area contributed by atoms with E-state index in [4.69, 9.17) is 16.7 Å². The summed E-state index contributed by atoms with van der Waals surface area (Å²) in [5.74, 6) is -1.37. The fourth-order valence-electron chi connectivity index (χ4n) is 1.57. The van der Waals surface area contributed by atoms with Crippen LogP contribution >= 0.6 is 22.9 Å². The van der Waals surface area contributed by atoms with Crippen LogP contribution in [0.1, 0.15) is 9.67 Å². The molecule has 0 aliphatic carbocycles. The van der Waals surface area contributed by atoms with E-state index in [1.54, 1.807) is 0 Å². The van der Waals surface area contributed by atoms with Crippen molar-refractivity contribution in [2.24, 2.45) is 0 Å². The van der Waals surface area contributed by atoms with Gasteiger partial charge in [0.1, 0.15) is 10.7 Å². The monoisotopic (exact) mass is 341 g/mol. The summed E-state index contributed by atoms with van der Waals surface area (Å²) in [4.78, 5) is 11.8. The number of aliphatic hydroxyl groups is 1. The second-order valence-electron chi connectivity index (χ2n) is 4.15. The van der Waals surface area contributed by atoms with Crippen LogP contribution in [0.5, 0.6) is 0 Å². The lowest BCUT2D eigenvalue weighted by molar-refractivity contribution is -0.201. The van der Waals surface area contributed by atoms with Crippen molar-refractivity contribution >= 4 is 38.9 Å². The molecule has 1 aromatic carbocycles. The zero-order valence-corrected chi connectivity index (χ0v) is 11.7. The minimum atomic E-state index is -4.82. The SMILES string of the molecule is O=C(NCC(O)C(F)(F)F)c1sc2cc(F)ccc2c1Cl. The van der Waals surface area contributed by atoms with Crippen molar-refractivity contribution in [2.75, 3.05) is 6.54 Å². The van der Waals surface area contributed by atoms with Crippen molar-refractivity contribution in [1.29, 1.82) is 0 Å². The minimum absolute atomic E-state index is 0.0355. The van der Waals surface area contributed by atoms with Gasteiger partial charge in [-0.05, 0) is 18.2 Å². The van der Waals surface area contributed by atoms with Crippen molar-refractivity contribution in [3.63, 3.8) is 0 Å². The summed E-state index contributed by atoms with van der Waals surface area (Å²) in [5.41, 5.74) is 0. The van der Waals surface area contributed by atoms with Gasteiger partial charge in [-0.3, -0.25) is 4.79 Å². The Labute approximate surface area is 125 Å².